The van der Waals surface area contributed by atoms with Crippen molar-refractivity contribution in [2.45, 2.75) is 38.6 Å². The smallest absolute Gasteiger partial charge is 0.356 e. The maximum Gasteiger partial charge on any atom is 0.356 e. The fourth-order valence-electron chi connectivity index (χ4n) is 2.52. The molecule has 0 radical (unpaired) electrons. The molecule has 1 aromatic rings. The number of hydrogen-bond acceptors (Lipinski definition) is 6. The van der Waals surface area contributed by atoms with Crippen LogP contribution in [0.1, 0.15) is 43.1 Å². The number of hydrogen-bond donors (Lipinski definition) is 1. The second-order valence-electron chi connectivity index (χ2n) is 5.41. The number of aromatic nitrogens is 1. The molecule has 1 aliphatic carbocycles. The lowest BCUT2D eigenvalue weighted by Crippen LogP contribution is -2.26. The average Bonchev–Trinajstić information content (AvgIpc) is 2.48. The first-order valence-electron chi connectivity index (χ1n) is 7.01. The topological polar surface area (TPSA) is 94.4 Å². The summed E-state index contributed by atoms with van der Waals surface area (Å²) in [5, 5.41) is 14.2. The van der Waals surface area contributed by atoms with Gasteiger partial charge < -0.3 is 10.1 Å². The van der Waals surface area contributed by atoms with Crippen LogP contribution in [-0.2, 0) is 4.74 Å². The van der Waals surface area contributed by atoms with Gasteiger partial charge in [0.15, 0.2) is 5.69 Å². The SMILES string of the molecule is COC(=O)c1ccc([N+](=O)[O-])c(NC2CCC(C)CC2)n1. The van der Waals surface area contributed by atoms with Gasteiger partial charge in [0.25, 0.3) is 0 Å². The molecule has 0 amide bonds. The third kappa shape index (κ3) is 3.68. The van der Waals surface area contributed by atoms with Crippen LogP contribution in [-0.4, -0.2) is 29.0 Å². The van der Waals surface area contributed by atoms with E-state index in [1.54, 1.807) is 0 Å². The van der Waals surface area contributed by atoms with E-state index in [4.69, 9.17) is 0 Å². The standard InChI is InChI=1S/C14H19N3O4/c1-9-3-5-10(6-4-9)15-13-12(17(19)20)8-7-11(16-13)14(18)21-2/h7-10H,3-6H2,1-2H3,(H,15,16). The van der Waals surface area contributed by atoms with Gasteiger partial charge in [0, 0.05) is 12.1 Å². The Morgan fingerprint density at radius 3 is 2.62 bits per heavy atom. The number of pyridine rings is 1. The second-order valence-corrected chi connectivity index (χ2v) is 5.41. The molecule has 0 aliphatic heterocycles. The normalized spacial score (nSPS) is 21.6. The first kappa shape index (κ1) is 15.2. The summed E-state index contributed by atoms with van der Waals surface area (Å²) < 4.78 is 4.60. The van der Waals surface area contributed by atoms with Crippen LogP contribution in [0, 0.1) is 16.0 Å². The molecule has 0 atom stereocenters. The number of carbonyl (C=O) groups excluding carboxylic acids is 1. The van der Waals surface area contributed by atoms with Crippen LogP contribution in [0.15, 0.2) is 12.1 Å². The Labute approximate surface area is 122 Å². The van der Waals surface area contributed by atoms with E-state index in [9.17, 15) is 14.9 Å². The molecule has 2 rings (SSSR count). The predicted molar refractivity (Wildman–Crippen MR) is 77.3 cm³/mol. The van der Waals surface area contributed by atoms with Crippen LogP contribution in [0.2, 0.25) is 0 Å². The minimum atomic E-state index is -0.606. The van der Waals surface area contributed by atoms with Crippen molar-refractivity contribution >= 4 is 17.5 Å². The second kappa shape index (κ2) is 6.51. The molecule has 1 saturated carbocycles. The number of ether oxygens (including phenoxy) is 1. The highest BCUT2D eigenvalue weighted by atomic mass is 16.6. The number of nitrogens with one attached hydrogen (secondary N) is 1. The Balaban J connectivity index is 2.22. The summed E-state index contributed by atoms with van der Waals surface area (Å²) in [6.45, 7) is 2.20. The summed E-state index contributed by atoms with van der Waals surface area (Å²) >= 11 is 0. The van der Waals surface area contributed by atoms with Gasteiger partial charge in [-0.15, -0.1) is 0 Å². The number of carbonyl (C=O) groups is 1. The monoisotopic (exact) mass is 293 g/mol. The number of esters is 1. The highest BCUT2D eigenvalue weighted by molar-refractivity contribution is 5.88. The molecule has 7 heteroatoms. The average molecular weight is 293 g/mol. The van der Waals surface area contributed by atoms with Gasteiger partial charge in [-0.25, -0.2) is 9.78 Å². The minimum Gasteiger partial charge on any atom is -0.464 e. The number of nitrogens with zero attached hydrogens (tertiary/aromatic N) is 2. The van der Waals surface area contributed by atoms with Gasteiger partial charge in [0.1, 0.15) is 0 Å². The van der Waals surface area contributed by atoms with Gasteiger partial charge in [-0.1, -0.05) is 6.92 Å². The van der Waals surface area contributed by atoms with Crippen molar-refractivity contribution in [3.05, 3.63) is 27.9 Å². The molecule has 0 saturated heterocycles. The zero-order chi connectivity index (χ0) is 15.4. The van der Waals surface area contributed by atoms with Crippen LogP contribution in [0.4, 0.5) is 11.5 Å². The van der Waals surface area contributed by atoms with Gasteiger partial charge in [0.05, 0.1) is 12.0 Å². The molecule has 1 aliphatic rings. The number of methoxy groups -OCH3 is 1. The van der Waals surface area contributed by atoms with Crippen LogP contribution in [0.25, 0.3) is 0 Å². The Kier molecular flexibility index (Phi) is 4.72. The highest BCUT2D eigenvalue weighted by Crippen LogP contribution is 2.29. The predicted octanol–water partition coefficient (Wildman–Crippen LogP) is 2.77. The zero-order valence-corrected chi connectivity index (χ0v) is 12.2. The zero-order valence-electron chi connectivity index (χ0n) is 12.2. The number of nitro groups is 1. The molecule has 0 aromatic carbocycles. The van der Waals surface area contributed by atoms with Crippen molar-refractivity contribution < 1.29 is 14.5 Å². The first-order valence-corrected chi connectivity index (χ1v) is 7.01. The molecule has 21 heavy (non-hydrogen) atoms. The maximum absolute atomic E-state index is 11.5. The van der Waals surface area contributed by atoms with Crippen molar-refractivity contribution in [2.75, 3.05) is 12.4 Å². The lowest BCUT2D eigenvalue weighted by molar-refractivity contribution is -0.384. The van der Waals surface area contributed by atoms with Gasteiger partial charge >= 0.3 is 11.7 Å². The fraction of sp³-hybridized carbons (Fsp3) is 0.571. The van der Waals surface area contributed by atoms with E-state index in [0.29, 0.717) is 5.92 Å². The summed E-state index contributed by atoms with van der Waals surface area (Å²) in [5.41, 5.74) is -0.0592. The molecule has 114 valence electrons. The third-order valence-electron chi connectivity index (χ3n) is 3.82. The van der Waals surface area contributed by atoms with Crippen molar-refractivity contribution in [3.8, 4) is 0 Å². The molecule has 1 aromatic heterocycles. The highest BCUT2D eigenvalue weighted by Gasteiger charge is 2.24. The molecule has 0 bridgehead atoms. The van der Waals surface area contributed by atoms with Crippen molar-refractivity contribution in [2.24, 2.45) is 5.92 Å². The van der Waals surface area contributed by atoms with E-state index < -0.39 is 10.9 Å². The molecule has 1 N–H and O–H groups in total. The Bertz CT molecular complexity index is 539. The Morgan fingerprint density at radius 1 is 1.38 bits per heavy atom. The van der Waals surface area contributed by atoms with E-state index in [1.165, 1.54) is 19.2 Å². The van der Waals surface area contributed by atoms with Crippen LogP contribution in [0.3, 0.4) is 0 Å². The van der Waals surface area contributed by atoms with Gasteiger partial charge in [0.2, 0.25) is 5.82 Å². The third-order valence-corrected chi connectivity index (χ3v) is 3.82. The molecule has 1 fully saturated rings. The molecule has 1 heterocycles. The molecule has 0 unspecified atom stereocenters. The van der Waals surface area contributed by atoms with E-state index in [1.807, 2.05) is 0 Å². The number of rotatable bonds is 4. The van der Waals surface area contributed by atoms with E-state index in [-0.39, 0.29) is 23.2 Å². The summed E-state index contributed by atoms with van der Waals surface area (Å²) in [6, 6.07) is 2.74. The lowest BCUT2D eigenvalue weighted by atomic mass is 9.87. The maximum atomic E-state index is 11.5. The summed E-state index contributed by atoms with van der Waals surface area (Å²) in [6.07, 6.45) is 4.06. The minimum absolute atomic E-state index is 0.0646. The van der Waals surface area contributed by atoms with Crippen LogP contribution >= 0.6 is 0 Å². The van der Waals surface area contributed by atoms with Gasteiger partial charge in [-0.2, -0.15) is 0 Å². The summed E-state index contributed by atoms with van der Waals surface area (Å²) in [4.78, 5) is 26.1. The Hall–Kier alpha value is -2.18. The van der Waals surface area contributed by atoms with Crippen molar-refractivity contribution in [3.63, 3.8) is 0 Å². The molecule has 7 nitrogen and oxygen atoms in total. The van der Waals surface area contributed by atoms with Crippen LogP contribution < -0.4 is 5.32 Å². The summed E-state index contributed by atoms with van der Waals surface area (Å²) in [5.74, 6) is 0.222. The molecular weight excluding hydrogens is 274 g/mol. The van der Waals surface area contributed by atoms with Gasteiger partial charge in [-0.05, 0) is 37.7 Å². The fourth-order valence-corrected chi connectivity index (χ4v) is 2.52. The van der Waals surface area contributed by atoms with Crippen molar-refractivity contribution in [1.29, 1.82) is 0 Å². The van der Waals surface area contributed by atoms with E-state index in [0.717, 1.165) is 25.7 Å². The molecule has 0 spiro atoms. The number of anilines is 1. The first-order chi connectivity index (χ1) is 10.0. The lowest BCUT2D eigenvalue weighted by Gasteiger charge is -2.27. The van der Waals surface area contributed by atoms with Crippen molar-refractivity contribution in [1.82, 2.24) is 4.98 Å². The van der Waals surface area contributed by atoms with E-state index in [2.05, 4.69) is 22.0 Å². The van der Waals surface area contributed by atoms with Crippen LogP contribution in [0.5, 0.6) is 0 Å². The molecular formula is C14H19N3O4. The van der Waals surface area contributed by atoms with E-state index >= 15 is 0 Å². The largest absolute Gasteiger partial charge is 0.464 e. The quantitative estimate of drug-likeness (QED) is 0.521. The Morgan fingerprint density at radius 2 is 2.05 bits per heavy atom. The van der Waals surface area contributed by atoms with Gasteiger partial charge in [-0.3, -0.25) is 10.1 Å². The summed E-state index contributed by atoms with van der Waals surface area (Å²) in [7, 11) is 1.25.